The molecule has 0 aliphatic rings. The van der Waals surface area contributed by atoms with Crippen molar-refractivity contribution in [2.75, 3.05) is 0 Å². The van der Waals surface area contributed by atoms with Crippen LogP contribution < -0.4 is 0 Å². The topological polar surface area (TPSA) is 71.0 Å². The predicted octanol–water partition coefficient (Wildman–Crippen LogP) is 0.629. The minimum atomic E-state index is -0.786. The van der Waals surface area contributed by atoms with Crippen molar-refractivity contribution in [1.29, 1.82) is 5.26 Å². The Morgan fingerprint density at radius 3 is 2.85 bits per heavy atom. The van der Waals surface area contributed by atoms with Crippen molar-refractivity contribution < 1.29 is 4.79 Å². The van der Waals surface area contributed by atoms with Crippen molar-refractivity contribution in [3.05, 3.63) is 17.5 Å². The average Bonchev–Trinajstić information content (AvgIpc) is 2.41. The van der Waals surface area contributed by atoms with Gasteiger partial charge in [0.05, 0.1) is 11.8 Å². The SMILES string of the molecule is Cc1nn(C)cc1C(C#N)N=C=O. The Labute approximate surface area is 75.3 Å². The summed E-state index contributed by atoms with van der Waals surface area (Å²) in [4.78, 5) is 13.4. The van der Waals surface area contributed by atoms with E-state index in [0.29, 0.717) is 11.3 Å². The van der Waals surface area contributed by atoms with E-state index >= 15 is 0 Å². The van der Waals surface area contributed by atoms with Gasteiger partial charge in [-0.3, -0.25) is 4.68 Å². The van der Waals surface area contributed by atoms with Crippen LogP contribution in [0.2, 0.25) is 0 Å². The molecule has 0 radical (unpaired) electrons. The Balaban J connectivity index is 3.12. The molecule has 5 heteroatoms. The van der Waals surface area contributed by atoms with Crippen molar-refractivity contribution in [3.8, 4) is 6.07 Å². The molecule has 0 bridgehead atoms. The van der Waals surface area contributed by atoms with Crippen molar-refractivity contribution in [2.24, 2.45) is 12.0 Å². The minimum absolute atomic E-state index is 0.647. The second-order valence-corrected chi connectivity index (χ2v) is 2.60. The summed E-state index contributed by atoms with van der Waals surface area (Å²) in [5.74, 6) is 0. The van der Waals surface area contributed by atoms with Crippen LogP contribution in [0.5, 0.6) is 0 Å². The van der Waals surface area contributed by atoms with Crippen LogP contribution in [0.3, 0.4) is 0 Å². The summed E-state index contributed by atoms with van der Waals surface area (Å²) in [5.41, 5.74) is 1.35. The van der Waals surface area contributed by atoms with Crippen LogP contribution in [0.15, 0.2) is 11.2 Å². The Bertz CT molecular complexity index is 395. The Morgan fingerprint density at radius 1 is 1.77 bits per heavy atom. The molecule has 0 aromatic carbocycles. The third-order valence-corrected chi connectivity index (χ3v) is 1.65. The zero-order valence-electron chi connectivity index (χ0n) is 7.35. The van der Waals surface area contributed by atoms with Gasteiger partial charge < -0.3 is 0 Å². The monoisotopic (exact) mass is 176 g/mol. The standard InChI is InChI=1S/C8H8N4O/c1-6-7(4-12(2)11-6)8(3-9)10-5-13/h4,8H,1-2H3. The average molecular weight is 176 g/mol. The predicted molar refractivity (Wildman–Crippen MR) is 44.4 cm³/mol. The molecule has 1 unspecified atom stereocenters. The molecule has 1 rings (SSSR count). The van der Waals surface area contributed by atoms with Gasteiger partial charge in [-0.1, -0.05) is 0 Å². The summed E-state index contributed by atoms with van der Waals surface area (Å²) in [6.45, 7) is 1.76. The first-order valence-electron chi connectivity index (χ1n) is 3.65. The van der Waals surface area contributed by atoms with E-state index in [0.717, 1.165) is 0 Å². The van der Waals surface area contributed by atoms with E-state index in [4.69, 9.17) is 5.26 Å². The number of hydrogen-bond donors (Lipinski definition) is 0. The molecule has 0 fully saturated rings. The maximum Gasteiger partial charge on any atom is 0.236 e. The van der Waals surface area contributed by atoms with E-state index in [-0.39, 0.29) is 0 Å². The summed E-state index contributed by atoms with van der Waals surface area (Å²) < 4.78 is 1.58. The molecule has 1 atom stereocenters. The van der Waals surface area contributed by atoms with Gasteiger partial charge in [0.25, 0.3) is 0 Å². The van der Waals surface area contributed by atoms with Crippen LogP contribution in [-0.2, 0) is 11.8 Å². The molecule has 5 nitrogen and oxygen atoms in total. The van der Waals surface area contributed by atoms with E-state index in [1.54, 1.807) is 24.9 Å². The highest BCUT2D eigenvalue weighted by Gasteiger charge is 2.14. The maximum absolute atomic E-state index is 10.00. The molecule has 1 aromatic heterocycles. The van der Waals surface area contributed by atoms with E-state index < -0.39 is 6.04 Å². The highest BCUT2D eigenvalue weighted by molar-refractivity contribution is 5.38. The minimum Gasteiger partial charge on any atom is -0.275 e. The number of nitriles is 1. The smallest absolute Gasteiger partial charge is 0.236 e. The zero-order chi connectivity index (χ0) is 9.84. The molecule has 66 valence electrons. The van der Waals surface area contributed by atoms with Gasteiger partial charge in [-0.2, -0.15) is 15.4 Å². The molecule has 1 heterocycles. The number of isocyanates is 1. The van der Waals surface area contributed by atoms with Crippen molar-refractivity contribution >= 4 is 6.08 Å². The van der Waals surface area contributed by atoms with Crippen molar-refractivity contribution in [3.63, 3.8) is 0 Å². The molecule has 0 saturated heterocycles. The summed E-state index contributed by atoms with van der Waals surface area (Å²) >= 11 is 0. The number of aryl methyl sites for hydroxylation is 2. The summed E-state index contributed by atoms with van der Waals surface area (Å²) in [6, 6.07) is 1.10. The van der Waals surface area contributed by atoms with Gasteiger partial charge in [0.15, 0.2) is 6.04 Å². The molecule has 0 amide bonds. The Hall–Kier alpha value is -1.92. The van der Waals surface area contributed by atoms with Crippen molar-refractivity contribution in [2.45, 2.75) is 13.0 Å². The molecule has 0 aliphatic carbocycles. The van der Waals surface area contributed by atoms with Gasteiger partial charge in [0.2, 0.25) is 6.08 Å². The number of hydrogen-bond acceptors (Lipinski definition) is 4. The number of aliphatic imine (C=N–C) groups is 1. The van der Waals surface area contributed by atoms with Crippen LogP contribution in [0.4, 0.5) is 0 Å². The molecule has 0 saturated carbocycles. The third kappa shape index (κ3) is 1.81. The van der Waals surface area contributed by atoms with Gasteiger partial charge in [-0.05, 0) is 6.92 Å². The molecule has 13 heavy (non-hydrogen) atoms. The van der Waals surface area contributed by atoms with Gasteiger partial charge >= 0.3 is 0 Å². The van der Waals surface area contributed by atoms with Crippen LogP contribution in [0.25, 0.3) is 0 Å². The first-order chi connectivity index (χ1) is 6.19. The fourth-order valence-electron chi connectivity index (χ4n) is 1.11. The second-order valence-electron chi connectivity index (χ2n) is 2.60. The zero-order valence-corrected chi connectivity index (χ0v) is 7.35. The summed E-state index contributed by atoms with van der Waals surface area (Å²) in [5, 5.41) is 12.7. The van der Waals surface area contributed by atoms with Crippen LogP contribution >= 0.6 is 0 Å². The lowest BCUT2D eigenvalue weighted by Crippen LogP contribution is -1.91. The molecular formula is C8H8N4O. The highest BCUT2D eigenvalue weighted by Crippen LogP contribution is 2.18. The fraction of sp³-hybridized carbons (Fsp3) is 0.375. The largest absolute Gasteiger partial charge is 0.275 e. The molecule has 1 aromatic rings. The molecule has 0 aliphatic heterocycles. The van der Waals surface area contributed by atoms with Crippen LogP contribution in [-0.4, -0.2) is 15.9 Å². The fourth-order valence-corrected chi connectivity index (χ4v) is 1.11. The van der Waals surface area contributed by atoms with E-state index in [1.165, 1.54) is 6.08 Å². The lowest BCUT2D eigenvalue weighted by atomic mass is 10.1. The second kappa shape index (κ2) is 3.65. The number of carbonyl (C=O) groups excluding carboxylic acids is 1. The van der Waals surface area contributed by atoms with Gasteiger partial charge in [0, 0.05) is 18.8 Å². The lowest BCUT2D eigenvalue weighted by molar-refractivity contribution is 0.561. The number of aromatic nitrogens is 2. The summed E-state index contributed by atoms with van der Waals surface area (Å²) in [6.07, 6.45) is 3.04. The molecule has 0 N–H and O–H groups in total. The molecule has 0 spiro atoms. The van der Waals surface area contributed by atoms with Gasteiger partial charge in [-0.25, -0.2) is 4.79 Å². The lowest BCUT2D eigenvalue weighted by Gasteiger charge is -1.96. The number of nitrogens with zero attached hydrogens (tertiary/aromatic N) is 4. The first-order valence-corrected chi connectivity index (χ1v) is 3.65. The molecular weight excluding hydrogens is 168 g/mol. The van der Waals surface area contributed by atoms with E-state index in [9.17, 15) is 4.79 Å². The quantitative estimate of drug-likeness (QED) is 0.490. The van der Waals surface area contributed by atoms with E-state index in [1.807, 2.05) is 6.07 Å². The maximum atomic E-state index is 10.00. The van der Waals surface area contributed by atoms with Crippen LogP contribution in [0.1, 0.15) is 17.3 Å². The first kappa shape index (κ1) is 9.17. The van der Waals surface area contributed by atoms with E-state index in [2.05, 4.69) is 10.1 Å². The van der Waals surface area contributed by atoms with Gasteiger partial charge in [-0.15, -0.1) is 0 Å². The Morgan fingerprint density at radius 2 is 2.46 bits per heavy atom. The number of rotatable bonds is 2. The van der Waals surface area contributed by atoms with Crippen molar-refractivity contribution in [1.82, 2.24) is 9.78 Å². The van der Waals surface area contributed by atoms with Crippen LogP contribution in [0, 0.1) is 18.3 Å². The Kier molecular flexibility index (Phi) is 2.58. The summed E-state index contributed by atoms with van der Waals surface area (Å²) in [7, 11) is 1.75. The van der Waals surface area contributed by atoms with Gasteiger partial charge in [0.1, 0.15) is 0 Å². The third-order valence-electron chi connectivity index (χ3n) is 1.65. The normalized spacial score (nSPS) is 11.5. The highest BCUT2D eigenvalue weighted by atomic mass is 16.1.